The summed E-state index contributed by atoms with van der Waals surface area (Å²) in [6, 6.07) is 4.89. The lowest BCUT2D eigenvalue weighted by Crippen LogP contribution is -2.30. The molecule has 0 bridgehead atoms. The van der Waals surface area contributed by atoms with E-state index in [0.29, 0.717) is 11.5 Å². The number of benzene rings is 1. The fraction of sp³-hybridized carbons (Fsp3) is 0.600. The SMILES string of the molecule is CCCCC(CC)CC(NN)c1cccc(Cl)c1F. The Morgan fingerprint density at radius 2 is 2.11 bits per heavy atom. The van der Waals surface area contributed by atoms with Gasteiger partial charge in [0.1, 0.15) is 5.82 Å². The monoisotopic (exact) mass is 286 g/mol. The minimum atomic E-state index is -0.363. The third-order valence-electron chi connectivity index (χ3n) is 3.67. The van der Waals surface area contributed by atoms with Gasteiger partial charge in [-0.25, -0.2) is 4.39 Å². The Hall–Kier alpha value is -0.640. The lowest BCUT2D eigenvalue weighted by Gasteiger charge is -2.23. The summed E-state index contributed by atoms with van der Waals surface area (Å²) in [5.74, 6) is 5.79. The lowest BCUT2D eigenvalue weighted by atomic mass is 9.89. The Balaban J connectivity index is 2.79. The third-order valence-corrected chi connectivity index (χ3v) is 3.96. The van der Waals surface area contributed by atoms with Gasteiger partial charge in [0, 0.05) is 11.6 Å². The van der Waals surface area contributed by atoms with Crippen molar-refractivity contribution in [1.82, 2.24) is 5.43 Å². The molecule has 2 unspecified atom stereocenters. The van der Waals surface area contributed by atoms with Gasteiger partial charge in [0.15, 0.2) is 0 Å². The number of rotatable bonds is 8. The minimum absolute atomic E-state index is 0.152. The average molecular weight is 287 g/mol. The second kappa shape index (κ2) is 8.51. The highest BCUT2D eigenvalue weighted by molar-refractivity contribution is 6.30. The first-order valence-electron chi connectivity index (χ1n) is 7.04. The second-order valence-corrected chi connectivity index (χ2v) is 5.42. The molecule has 2 atom stereocenters. The zero-order valence-electron chi connectivity index (χ0n) is 11.8. The molecule has 1 rings (SSSR count). The van der Waals surface area contributed by atoms with Crippen molar-refractivity contribution in [3.05, 3.63) is 34.6 Å². The normalized spacial score (nSPS) is 14.4. The predicted molar refractivity (Wildman–Crippen MR) is 79.4 cm³/mol. The van der Waals surface area contributed by atoms with E-state index < -0.39 is 0 Å². The summed E-state index contributed by atoms with van der Waals surface area (Å²) in [6.45, 7) is 4.35. The molecule has 0 amide bonds. The fourth-order valence-corrected chi connectivity index (χ4v) is 2.57. The molecule has 0 aliphatic rings. The summed E-state index contributed by atoms with van der Waals surface area (Å²) in [4.78, 5) is 0. The molecular weight excluding hydrogens is 263 g/mol. The Morgan fingerprint density at radius 3 is 2.68 bits per heavy atom. The standard InChI is InChI=1S/C15H24ClFN2/c1-3-5-7-11(4-2)10-14(19-18)12-8-6-9-13(16)15(12)17/h6,8-9,11,14,19H,3-5,7,10,18H2,1-2H3. The van der Waals surface area contributed by atoms with Crippen LogP contribution in [0.15, 0.2) is 18.2 Å². The molecule has 0 spiro atoms. The molecule has 0 saturated carbocycles. The minimum Gasteiger partial charge on any atom is -0.271 e. The maximum atomic E-state index is 14.0. The number of hydrogen-bond acceptors (Lipinski definition) is 2. The van der Waals surface area contributed by atoms with Crippen LogP contribution in [-0.2, 0) is 0 Å². The van der Waals surface area contributed by atoms with Crippen molar-refractivity contribution >= 4 is 11.6 Å². The van der Waals surface area contributed by atoms with Gasteiger partial charge in [0.25, 0.3) is 0 Å². The first kappa shape index (κ1) is 16.4. The molecule has 0 radical (unpaired) electrons. The van der Waals surface area contributed by atoms with Crippen LogP contribution >= 0.6 is 11.6 Å². The number of nitrogens with one attached hydrogen (secondary N) is 1. The number of hydrazine groups is 1. The Bertz CT molecular complexity index is 384. The van der Waals surface area contributed by atoms with Crippen LogP contribution in [0.2, 0.25) is 5.02 Å². The van der Waals surface area contributed by atoms with E-state index in [1.54, 1.807) is 18.2 Å². The van der Waals surface area contributed by atoms with Crippen LogP contribution in [0.25, 0.3) is 0 Å². The third kappa shape index (κ3) is 4.75. The molecular formula is C15H24ClFN2. The fourth-order valence-electron chi connectivity index (χ4n) is 2.39. The van der Waals surface area contributed by atoms with Gasteiger partial charge in [-0.3, -0.25) is 11.3 Å². The van der Waals surface area contributed by atoms with Crippen molar-refractivity contribution in [3.8, 4) is 0 Å². The number of hydrogen-bond donors (Lipinski definition) is 2. The highest BCUT2D eigenvalue weighted by Gasteiger charge is 2.19. The van der Waals surface area contributed by atoms with Gasteiger partial charge >= 0.3 is 0 Å². The van der Waals surface area contributed by atoms with Crippen LogP contribution in [0, 0.1) is 11.7 Å². The molecule has 4 heteroatoms. The highest BCUT2D eigenvalue weighted by Crippen LogP contribution is 2.30. The van der Waals surface area contributed by atoms with E-state index in [-0.39, 0.29) is 16.9 Å². The van der Waals surface area contributed by atoms with Gasteiger partial charge in [-0.05, 0) is 18.4 Å². The molecule has 2 nitrogen and oxygen atoms in total. The predicted octanol–water partition coefficient (Wildman–Crippen LogP) is 4.59. The van der Waals surface area contributed by atoms with Crippen LogP contribution in [-0.4, -0.2) is 0 Å². The van der Waals surface area contributed by atoms with Gasteiger partial charge in [0.05, 0.1) is 5.02 Å². The summed E-state index contributed by atoms with van der Waals surface area (Å²) >= 11 is 5.83. The lowest BCUT2D eigenvalue weighted by molar-refractivity contribution is 0.350. The number of nitrogens with two attached hydrogens (primary N) is 1. The zero-order valence-corrected chi connectivity index (χ0v) is 12.5. The molecule has 1 aromatic rings. The van der Waals surface area contributed by atoms with Crippen molar-refractivity contribution in [3.63, 3.8) is 0 Å². The Kier molecular flexibility index (Phi) is 7.36. The van der Waals surface area contributed by atoms with E-state index in [4.69, 9.17) is 17.4 Å². The van der Waals surface area contributed by atoms with Gasteiger partial charge < -0.3 is 0 Å². The van der Waals surface area contributed by atoms with Crippen LogP contribution < -0.4 is 11.3 Å². The van der Waals surface area contributed by atoms with E-state index >= 15 is 0 Å². The van der Waals surface area contributed by atoms with Crippen LogP contribution in [0.5, 0.6) is 0 Å². The molecule has 3 N–H and O–H groups in total. The Morgan fingerprint density at radius 1 is 1.37 bits per heavy atom. The second-order valence-electron chi connectivity index (χ2n) is 5.01. The van der Waals surface area contributed by atoms with Crippen LogP contribution in [0.3, 0.4) is 0 Å². The van der Waals surface area contributed by atoms with Gasteiger partial charge in [-0.2, -0.15) is 0 Å². The molecule has 0 aliphatic carbocycles. The van der Waals surface area contributed by atoms with Crippen molar-refractivity contribution in [2.75, 3.05) is 0 Å². The highest BCUT2D eigenvalue weighted by atomic mass is 35.5. The van der Waals surface area contributed by atoms with E-state index in [1.807, 2.05) is 0 Å². The van der Waals surface area contributed by atoms with E-state index in [9.17, 15) is 4.39 Å². The molecule has 0 fully saturated rings. The molecule has 0 heterocycles. The van der Waals surface area contributed by atoms with Gasteiger partial charge in [-0.15, -0.1) is 0 Å². The van der Waals surface area contributed by atoms with Crippen molar-refractivity contribution < 1.29 is 4.39 Å². The molecule has 0 saturated heterocycles. The first-order valence-corrected chi connectivity index (χ1v) is 7.41. The maximum absolute atomic E-state index is 14.0. The molecule has 19 heavy (non-hydrogen) atoms. The van der Waals surface area contributed by atoms with Gasteiger partial charge in [0.2, 0.25) is 0 Å². The van der Waals surface area contributed by atoms with Crippen LogP contribution in [0.1, 0.15) is 57.6 Å². The molecule has 1 aromatic carbocycles. The zero-order chi connectivity index (χ0) is 14.3. The number of halogens is 2. The largest absolute Gasteiger partial charge is 0.271 e. The van der Waals surface area contributed by atoms with E-state index in [2.05, 4.69) is 19.3 Å². The van der Waals surface area contributed by atoms with Crippen LogP contribution in [0.4, 0.5) is 4.39 Å². The summed E-state index contributed by atoms with van der Waals surface area (Å²) in [5.41, 5.74) is 3.29. The maximum Gasteiger partial charge on any atom is 0.146 e. The average Bonchev–Trinajstić information content (AvgIpc) is 2.43. The summed E-state index contributed by atoms with van der Waals surface area (Å²) < 4.78 is 14.0. The van der Waals surface area contributed by atoms with Crippen molar-refractivity contribution in [2.24, 2.45) is 11.8 Å². The van der Waals surface area contributed by atoms with E-state index in [0.717, 1.165) is 19.3 Å². The smallest absolute Gasteiger partial charge is 0.146 e. The molecule has 0 aliphatic heterocycles. The van der Waals surface area contributed by atoms with Crippen molar-refractivity contribution in [1.29, 1.82) is 0 Å². The van der Waals surface area contributed by atoms with Gasteiger partial charge in [-0.1, -0.05) is 63.3 Å². The Labute approximate surface area is 120 Å². The quantitative estimate of drug-likeness (QED) is 0.542. The number of unbranched alkanes of at least 4 members (excludes halogenated alkanes) is 1. The summed E-state index contributed by atoms with van der Waals surface area (Å²) in [6.07, 6.45) is 5.47. The summed E-state index contributed by atoms with van der Waals surface area (Å²) in [7, 11) is 0. The molecule has 0 aromatic heterocycles. The van der Waals surface area contributed by atoms with Crippen molar-refractivity contribution in [2.45, 2.75) is 52.0 Å². The topological polar surface area (TPSA) is 38.0 Å². The first-order chi connectivity index (χ1) is 9.13. The van der Waals surface area contributed by atoms with E-state index in [1.165, 1.54) is 12.8 Å². The molecule has 108 valence electrons. The summed E-state index contributed by atoms with van der Waals surface area (Å²) in [5, 5.41) is 0.152.